The topological polar surface area (TPSA) is 67.8 Å². The van der Waals surface area contributed by atoms with Crippen molar-refractivity contribution in [2.45, 2.75) is 13.0 Å². The van der Waals surface area contributed by atoms with Gasteiger partial charge in [0.05, 0.1) is 6.04 Å². The third kappa shape index (κ3) is 2.55. The summed E-state index contributed by atoms with van der Waals surface area (Å²) in [5.41, 5.74) is 0. The summed E-state index contributed by atoms with van der Waals surface area (Å²) in [6.07, 6.45) is 1.70. The number of thiazole rings is 1. The van der Waals surface area contributed by atoms with Gasteiger partial charge in [-0.25, -0.2) is 4.98 Å². The molecule has 0 spiro atoms. The van der Waals surface area contributed by atoms with E-state index < -0.39 is 0 Å². The number of rotatable bonds is 3. The molecule has 2 rings (SSSR count). The number of hydrogen-bond acceptors (Lipinski definition) is 6. The van der Waals surface area contributed by atoms with Crippen LogP contribution in [0.2, 0.25) is 4.47 Å². The molecule has 0 saturated heterocycles. The maximum absolute atomic E-state index is 11.7. The van der Waals surface area contributed by atoms with Crippen molar-refractivity contribution >= 4 is 40.2 Å². The van der Waals surface area contributed by atoms with Crippen molar-refractivity contribution in [3.63, 3.8) is 0 Å². The van der Waals surface area contributed by atoms with Crippen molar-refractivity contribution in [2.75, 3.05) is 0 Å². The first-order chi connectivity index (χ1) is 7.66. The highest BCUT2D eigenvalue weighted by molar-refractivity contribution is 7.17. The molecule has 8 heteroatoms. The van der Waals surface area contributed by atoms with Crippen LogP contribution in [0.1, 0.15) is 27.8 Å². The summed E-state index contributed by atoms with van der Waals surface area (Å²) in [5.74, 6) is -0.285. The van der Waals surface area contributed by atoms with E-state index in [-0.39, 0.29) is 21.4 Å². The van der Waals surface area contributed by atoms with Gasteiger partial charge in [0, 0.05) is 11.6 Å². The van der Waals surface area contributed by atoms with E-state index in [1.165, 1.54) is 11.3 Å². The zero-order valence-electron chi connectivity index (χ0n) is 8.18. The van der Waals surface area contributed by atoms with Crippen LogP contribution in [0, 0.1) is 0 Å². The zero-order valence-corrected chi connectivity index (χ0v) is 10.6. The number of carbonyl (C=O) groups is 1. The van der Waals surface area contributed by atoms with E-state index in [9.17, 15) is 4.79 Å². The number of hydrogen-bond donors (Lipinski definition) is 1. The Hall–Kier alpha value is -1.05. The normalized spacial score (nSPS) is 12.4. The molecule has 1 N–H and O–H groups in total. The summed E-state index contributed by atoms with van der Waals surface area (Å²) < 4.78 is 0.257. The summed E-state index contributed by atoms with van der Waals surface area (Å²) in [4.78, 5) is 15.8. The van der Waals surface area contributed by atoms with Crippen LogP contribution in [0.5, 0.6) is 0 Å². The lowest BCUT2D eigenvalue weighted by molar-refractivity contribution is 0.0938. The second-order valence-electron chi connectivity index (χ2n) is 2.93. The lowest BCUT2D eigenvalue weighted by Crippen LogP contribution is -2.26. The van der Waals surface area contributed by atoms with E-state index in [1.54, 1.807) is 6.20 Å². The molecule has 1 atom stereocenters. The molecule has 84 valence electrons. The Morgan fingerprint density at radius 3 is 2.94 bits per heavy atom. The minimum absolute atomic E-state index is 0.143. The van der Waals surface area contributed by atoms with Gasteiger partial charge in [-0.05, 0) is 18.5 Å². The predicted molar refractivity (Wildman–Crippen MR) is 62.9 cm³/mol. The molecule has 1 unspecified atom stereocenters. The summed E-state index contributed by atoms with van der Waals surface area (Å²) in [6.45, 7) is 1.86. The number of carbonyl (C=O) groups excluding carboxylic acids is 1. The molecule has 1 amide bonds. The largest absolute Gasteiger partial charge is 0.341 e. The fourth-order valence-corrected chi connectivity index (χ4v) is 2.44. The first kappa shape index (κ1) is 11.4. The maximum atomic E-state index is 11.7. The van der Waals surface area contributed by atoms with Crippen molar-refractivity contribution in [3.8, 4) is 0 Å². The van der Waals surface area contributed by atoms with E-state index in [0.717, 1.165) is 16.3 Å². The summed E-state index contributed by atoms with van der Waals surface area (Å²) >= 11 is 8.13. The third-order valence-corrected chi connectivity index (χ3v) is 3.74. The van der Waals surface area contributed by atoms with Crippen LogP contribution >= 0.6 is 34.3 Å². The van der Waals surface area contributed by atoms with Gasteiger partial charge < -0.3 is 5.32 Å². The molecule has 0 fully saturated rings. The standard InChI is InChI=1S/C8H7ClN4OS2/c1-4(6-10-2-3-15-6)11-5(14)7-12-13-8(9)16-7/h2-4H,1H3,(H,11,14). The summed E-state index contributed by atoms with van der Waals surface area (Å²) in [7, 11) is 0. The molecule has 0 radical (unpaired) electrons. The van der Waals surface area contributed by atoms with Crippen LogP contribution in [-0.2, 0) is 0 Å². The third-order valence-electron chi connectivity index (χ3n) is 1.76. The van der Waals surface area contributed by atoms with Gasteiger partial charge in [-0.15, -0.1) is 21.5 Å². The fraction of sp³-hybridized carbons (Fsp3) is 0.250. The van der Waals surface area contributed by atoms with Crippen molar-refractivity contribution in [1.29, 1.82) is 0 Å². The van der Waals surface area contributed by atoms with Crippen molar-refractivity contribution in [1.82, 2.24) is 20.5 Å². The molecule has 0 aliphatic rings. The molecule has 5 nitrogen and oxygen atoms in total. The van der Waals surface area contributed by atoms with Gasteiger partial charge in [-0.2, -0.15) is 0 Å². The van der Waals surface area contributed by atoms with Gasteiger partial charge in [-0.1, -0.05) is 11.3 Å². The van der Waals surface area contributed by atoms with Gasteiger partial charge in [0.2, 0.25) is 9.47 Å². The number of nitrogens with one attached hydrogen (secondary N) is 1. The lowest BCUT2D eigenvalue weighted by Gasteiger charge is -2.08. The Balaban J connectivity index is 2.03. The molecule has 0 aromatic carbocycles. The van der Waals surface area contributed by atoms with Crippen molar-refractivity contribution in [3.05, 3.63) is 26.1 Å². The Morgan fingerprint density at radius 1 is 1.56 bits per heavy atom. The van der Waals surface area contributed by atoms with Crippen LogP contribution in [0.3, 0.4) is 0 Å². The molecular formula is C8H7ClN4OS2. The van der Waals surface area contributed by atoms with Gasteiger partial charge in [-0.3, -0.25) is 4.79 Å². The van der Waals surface area contributed by atoms with E-state index in [4.69, 9.17) is 11.6 Å². The highest BCUT2D eigenvalue weighted by atomic mass is 35.5. The summed E-state index contributed by atoms with van der Waals surface area (Å²) in [6, 6.07) is -0.143. The fourth-order valence-electron chi connectivity index (χ4n) is 1.07. The maximum Gasteiger partial charge on any atom is 0.282 e. The number of halogens is 1. The lowest BCUT2D eigenvalue weighted by atomic mass is 10.3. The second kappa shape index (κ2) is 4.86. The Bertz CT molecular complexity index is 484. The highest BCUT2D eigenvalue weighted by Crippen LogP contribution is 2.18. The van der Waals surface area contributed by atoms with Gasteiger partial charge in [0.1, 0.15) is 5.01 Å². The molecule has 2 heterocycles. The monoisotopic (exact) mass is 274 g/mol. The SMILES string of the molecule is CC(NC(=O)c1nnc(Cl)s1)c1nccs1. The average Bonchev–Trinajstić information content (AvgIpc) is 2.87. The zero-order chi connectivity index (χ0) is 11.5. The number of aromatic nitrogens is 3. The molecule has 0 bridgehead atoms. The van der Waals surface area contributed by atoms with Crippen molar-refractivity contribution < 1.29 is 4.79 Å². The minimum atomic E-state index is -0.285. The quantitative estimate of drug-likeness (QED) is 0.931. The van der Waals surface area contributed by atoms with E-state index in [0.29, 0.717) is 0 Å². The van der Waals surface area contributed by atoms with Gasteiger partial charge >= 0.3 is 0 Å². The van der Waals surface area contributed by atoms with Crippen molar-refractivity contribution in [2.24, 2.45) is 0 Å². The number of nitrogens with zero attached hydrogens (tertiary/aromatic N) is 3. The predicted octanol–water partition coefficient (Wildman–Crippen LogP) is 2.14. The molecule has 0 saturated carbocycles. The van der Waals surface area contributed by atoms with Gasteiger partial charge in [0.25, 0.3) is 5.91 Å². The highest BCUT2D eigenvalue weighted by Gasteiger charge is 2.16. The molecule has 0 aliphatic heterocycles. The first-order valence-electron chi connectivity index (χ1n) is 4.36. The van der Waals surface area contributed by atoms with E-state index in [1.807, 2.05) is 12.3 Å². The first-order valence-corrected chi connectivity index (χ1v) is 6.43. The Morgan fingerprint density at radius 2 is 2.38 bits per heavy atom. The van der Waals surface area contributed by atoms with E-state index in [2.05, 4.69) is 20.5 Å². The van der Waals surface area contributed by atoms with Gasteiger partial charge in [0.15, 0.2) is 0 Å². The van der Waals surface area contributed by atoms with E-state index >= 15 is 0 Å². The van der Waals surface area contributed by atoms with Crippen LogP contribution in [-0.4, -0.2) is 21.1 Å². The molecule has 0 aliphatic carbocycles. The Kier molecular flexibility index (Phi) is 3.47. The second-order valence-corrected chi connectivity index (χ2v) is 5.41. The molecule has 2 aromatic heterocycles. The van der Waals surface area contributed by atoms with Crippen LogP contribution < -0.4 is 5.32 Å². The van der Waals surface area contributed by atoms with Crippen LogP contribution in [0.25, 0.3) is 0 Å². The molecular weight excluding hydrogens is 268 g/mol. The summed E-state index contributed by atoms with van der Waals surface area (Å²) in [5, 5.41) is 13.0. The molecule has 16 heavy (non-hydrogen) atoms. The number of amides is 1. The minimum Gasteiger partial charge on any atom is -0.341 e. The Labute approximate surface area is 105 Å². The van der Waals surface area contributed by atoms with Crippen LogP contribution in [0.15, 0.2) is 11.6 Å². The average molecular weight is 275 g/mol. The molecule has 2 aromatic rings. The van der Waals surface area contributed by atoms with Crippen LogP contribution in [0.4, 0.5) is 0 Å². The smallest absolute Gasteiger partial charge is 0.282 e.